The van der Waals surface area contributed by atoms with Crippen molar-refractivity contribution in [1.29, 1.82) is 0 Å². The maximum absolute atomic E-state index is 14.2. The summed E-state index contributed by atoms with van der Waals surface area (Å²) in [6.07, 6.45) is -4.48. The molecular weight excluding hydrogens is 416 g/mol. The molecule has 2 aromatic carbocycles. The number of nitrogens with one attached hydrogen (secondary N) is 2. The van der Waals surface area contributed by atoms with E-state index in [1.165, 1.54) is 44.3 Å². The van der Waals surface area contributed by atoms with Crippen LogP contribution in [0.5, 0.6) is 5.75 Å². The lowest BCUT2D eigenvalue weighted by Gasteiger charge is -2.49. The Kier molecular flexibility index (Phi) is 4.59. The zero-order valence-electron chi connectivity index (χ0n) is 16.6. The third-order valence-electron chi connectivity index (χ3n) is 5.94. The molecule has 0 amide bonds. The normalized spacial score (nSPS) is 22.9. The number of anilines is 1. The van der Waals surface area contributed by atoms with E-state index in [2.05, 4.69) is 10.3 Å². The van der Waals surface area contributed by atoms with Crippen molar-refractivity contribution in [3.63, 3.8) is 0 Å². The highest BCUT2D eigenvalue weighted by molar-refractivity contribution is 5.93. The second-order valence-electron chi connectivity index (χ2n) is 8.49. The molecule has 9 heteroatoms. The SMILES string of the molecule is CC1(C)CC(O)(C(F)(F)F)C(Nc2cccc3c(=O)[nH]ccc23)c2ccc(F)c(O)c21. The zero-order valence-corrected chi connectivity index (χ0v) is 16.6. The molecule has 2 atom stereocenters. The molecule has 5 nitrogen and oxygen atoms in total. The molecule has 2 unspecified atom stereocenters. The number of fused-ring (bicyclic) bond motifs is 2. The average Bonchev–Trinajstić information content (AvgIpc) is 2.66. The van der Waals surface area contributed by atoms with Crippen molar-refractivity contribution in [3.8, 4) is 5.75 Å². The Bertz CT molecular complexity index is 1240. The number of aliphatic hydroxyl groups is 1. The van der Waals surface area contributed by atoms with Crippen LogP contribution in [0.2, 0.25) is 0 Å². The number of aromatic hydroxyl groups is 1. The highest BCUT2D eigenvalue weighted by Crippen LogP contribution is 2.56. The van der Waals surface area contributed by atoms with Crippen LogP contribution in [0.25, 0.3) is 10.8 Å². The van der Waals surface area contributed by atoms with Crippen molar-refractivity contribution in [2.24, 2.45) is 0 Å². The van der Waals surface area contributed by atoms with Crippen molar-refractivity contribution >= 4 is 16.5 Å². The van der Waals surface area contributed by atoms with Crippen LogP contribution in [0.3, 0.4) is 0 Å². The third-order valence-corrected chi connectivity index (χ3v) is 5.94. The Morgan fingerprint density at radius 2 is 1.84 bits per heavy atom. The molecule has 0 saturated carbocycles. The van der Waals surface area contributed by atoms with E-state index in [9.17, 15) is 32.6 Å². The van der Waals surface area contributed by atoms with Gasteiger partial charge in [-0.1, -0.05) is 26.0 Å². The van der Waals surface area contributed by atoms with Gasteiger partial charge in [-0.05, 0) is 41.7 Å². The highest BCUT2D eigenvalue weighted by atomic mass is 19.4. The van der Waals surface area contributed by atoms with E-state index in [1.54, 1.807) is 0 Å². The molecule has 3 aromatic rings. The van der Waals surface area contributed by atoms with Gasteiger partial charge in [0.15, 0.2) is 17.2 Å². The summed E-state index contributed by atoms with van der Waals surface area (Å²) in [5.41, 5.74) is -4.91. The van der Waals surface area contributed by atoms with Crippen molar-refractivity contribution in [2.45, 2.75) is 43.5 Å². The minimum atomic E-state index is -5.04. The van der Waals surface area contributed by atoms with Crippen LogP contribution in [0, 0.1) is 5.82 Å². The van der Waals surface area contributed by atoms with Crippen molar-refractivity contribution in [1.82, 2.24) is 4.98 Å². The van der Waals surface area contributed by atoms with Crippen molar-refractivity contribution in [2.75, 3.05) is 5.32 Å². The summed E-state index contributed by atoms with van der Waals surface area (Å²) in [7, 11) is 0. The molecule has 164 valence electrons. The van der Waals surface area contributed by atoms with Gasteiger partial charge in [0.2, 0.25) is 0 Å². The standard InChI is InChI=1S/C22H20F4N2O3/c1-20(2)10-21(31,22(24,25)26)18(13-6-7-14(23)17(29)16(13)20)28-15-5-3-4-12-11(15)8-9-27-19(12)30/h3-9,18,28-29,31H,10H2,1-2H3,(H,27,30). The first kappa shape index (κ1) is 21.2. The van der Waals surface area contributed by atoms with Crippen molar-refractivity contribution < 1.29 is 27.8 Å². The number of hydrogen-bond donors (Lipinski definition) is 4. The quantitative estimate of drug-likeness (QED) is 0.446. The van der Waals surface area contributed by atoms with E-state index < -0.39 is 46.8 Å². The molecule has 0 saturated heterocycles. The van der Waals surface area contributed by atoms with E-state index in [1.807, 2.05) is 0 Å². The second kappa shape index (κ2) is 6.71. The number of aromatic nitrogens is 1. The molecule has 0 radical (unpaired) electrons. The molecule has 0 spiro atoms. The number of phenolic OH excluding ortho intramolecular Hbond substituents is 1. The Labute approximate surface area is 174 Å². The fourth-order valence-corrected chi connectivity index (χ4v) is 4.62. The zero-order chi connectivity index (χ0) is 22.8. The molecular formula is C22H20F4N2O3. The van der Waals surface area contributed by atoms with Gasteiger partial charge in [0, 0.05) is 28.2 Å². The van der Waals surface area contributed by atoms with Crippen LogP contribution in [0.15, 0.2) is 47.4 Å². The minimum Gasteiger partial charge on any atom is -0.505 e. The van der Waals surface area contributed by atoms with Crippen LogP contribution in [-0.2, 0) is 5.41 Å². The number of rotatable bonds is 2. The molecule has 1 heterocycles. The first-order chi connectivity index (χ1) is 14.4. The summed E-state index contributed by atoms with van der Waals surface area (Å²) < 4.78 is 56.7. The average molecular weight is 436 g/mol. The molecule has 1 aromatic heterocycles. The Balaban J connectivity index is 1.98. The monoisotopic (exact) mass is 436 g/mol. The third kappa shape index (κ3) is 3.15. The van der Waals surface area contributed by atoms with Gasteiger partial charge in [0.25, 0.3) is 5.56 Å². The van der Waals surface area contributed by atoms with Gasteiger partial charge >= 0.3 is 6.18 Å². The maximum atomic E-state index is 14.2. The Hall–Kier alpha value is -3.07. The fraction of sp³-hybridized carbons (Fsp3) is 0.318. The van der Waals surface area contributed by atoms with Crippen LogP contribution >= 0.6 is 0 Å². The van der Waals surface area contributed by atoms with Crippen LogP contribution in [0.4, 0.5) is 23.2 Å². The molecule has 0 fully saturated rings. The molecule has 31 heavy (non-hydrogen) atoms. The van der Waals surface area contributed by atoms with Crippen LogP contribution in [-0.4, -0.2) is 27.0 Å². The van der Waals surface area contributed by atoms with Gasteiger partial charge in [-0.25, -0.2) is 4.39 Å². The molecule has 0 aliphatic heterocycles. The number of phenols is 1. The summed E-state index contributed by atoms with van der Waals surface area (Å²) in [6.45, 7) is 2.82. The lowest BCUT2D eigenvalue weighted by atomic mass is 9.63. The fourth-order valence-electron chi connectivity index (χ4n) is 4.62. The predicted octanol–water partition coefficient (Wildman–Crippen LogP) is 4.50. The lowest BCUT2D eigenvalue weighted by molar-refractivity contribution is -0.276. The summed E-state index contributed by atoms with van der Waals surface area (Å²) in [5.74, 6) is -1.70. The first-order valence-corrected chi connectivity index (χ1v) is 9.55. The van der Waals surface area contributed by atoms with Gasteiger partial charge in [-0.3, -0.25) is 4.79 Å². The lowest BCUT2D eigenvalue weighted by Crippen LogP contribution is -2.58. The summed E-state index contributed by atoms with van der Waals surface area (Å²) in [5, 5.41) is 24.6. The minimum absolute atomic E-state index is 0.00277. The molecule has 1 aliphatic rings. The second-order valence-corrected chi connectivity index (χ2v) is 8.49. The Morgan fingerprint density at radius 3 is 2.52 bits per heavy atom. The van der Waals surface area contributed by atoms with E-state index >= 15 is 0 Å². The van der Waals surface area contributed by atoms with Crippen LogP contribution in [0.1, 0.15) is 37.4 Å². The van der Waals surface area contributed by atoms with Gasteiger partial charge in [0.1, 0.15) is 0 Å². The number of pyridine rings is 1. The summed E-state index contributed by atoms with van der Waals surface area (Å²) in [4.78, 5) is 14.6. The molecule has 0 bridgehead atoms. The largest absolute Gasteiger partial charge is 0.505 e. The maximum Gasteiger partial charge on any atom is 0.419 e. The first-order valence-electron chi connectivity index (χ1n) is 9.55. The van der Waals surface area contributed by atoms with Gasteiger partial charge in [-0.2, -0.15) is 13.2 Å². The Morgan fingerprint density at radius 1 is 1.13 bits per heavy atom. The summed E-state index contributed by atoms with van der Waals surface area (Å²) >= 11 is 0. The van der Waals surface area contributed by atoms with Crippen LogP contribution < -0.4 is 10.9 Å². The number of aromatic amines is 1. The van der Waals surface area contributed by atoms with Crippen molar-refractivity contribution in [3.05, 3.63) is 69.9 Å². The van der Waals surface area contributed by atoms with Gasteiger partial charge in [0.05, 0.1) is 6.04 Å². The number of hydrogen-bond acceptors (Lipinski definition) is 4. The highest BCUT2D eigenvalue weighted by Gasteiger charge is 2.64. The molecule has 4 rings (SSSR count). The topological polar surface area (TPSA) is 85.4 Å². The van der Waals surface area contributed by atoms with Gasteiger partial charge < -0.3 is 20.5 Å². The number of alkyl halides is 3. The van der Waals surface area contributed by atoms with E-state index in [0.29, 0.717) is 5.39 Å². The van der Waals surface area contributed by atoms with E-state index in [-0.39, 0.29) is 22.2 Å². The smallest absolute Gasteiger partial charge is 0.419 e. The van der Waals surface area contributed by atoms with E-state index in [0.717, 1.165) is 12.1 Å². The predicted molar refractivity (Wildman–Crippen MR) is 108 cm³/mol. The summed E-state index contributed by atoms with van der Waals surface area (Å²) in [6, 6.07) is 6.29. The number of benzene rings is 2. The number of H-pyrrole nitrogens is 1. The van der Waals surface area contributed by atoms with E-state index in [4.69, 9.17) is 0 Å². The molecule has 4 N–H and O–H groups in total. The number of halogens is 4. The molecule has 1 aliphatic carbocycles. The van der Waals surface area contributed by atoms with Gasteiger partial charge in [-0.15, -0.1) is 0 Å².